The van der Waals surface area contributed by atoms with Crippen molar-refractivity contribution in [1.29, 1.82) is 0 Å². The fourth-order valence-corrected chi connectivity index (χ4v) is 2.36. The summed E-state index contributed by atoms with van der Waals surface area (Å²) in [5, 5.41) is 8.91. The largest absolute Gasteiger partial charge is 0.480 e. The molecule has 0 aromatic carbocycles. The van der Waals surface area contributed by atoms with E-state index in [1.807, 2.05) is 0 Å². The summed E-state index contributed by atoms with van der Waals surface area (Å²) in [6, 6.07) is 0. The van der Waals surface area contributed by atoms with E-state index in [1.165, 1.54) is 0 Å². The highest BCUT2D eigenvalue weighted by Crippen LogP contribution is 2.34. The van der Waals surface area contributed by atoms with Crippen LogP contribution in [0.4, 0.5) is 0 Å². The van der Waals surface area contributed by atoms with E-state index in [4.69, 9.17) is 10.8 Å². The number of aliphatic carboxylic acids is 1. The molecule has 0 spiro atoms. The average Bonchev–Trinajstić information content (AvgIpc) is 1.82. The number of hydrogen-bond donors (Lipinski definition) is 2. The van der Waals surface area contributed by atoms with Crippen molar-refractivity contribution >= 4 is 5.97 Å². The molecule has 0 aliphatic heterocycles. The first-order valence-electron chi connectivity index (χ1n) is 4.46. The summed E-state index contributed by atoms with van der Waals surface area (Å²) in [7, 11) is 0. The van der Waals surface area contributed by atoms with Crippen LogP contribution in [0.2, 0.25) is 0 Å². The number of carbonyl (C=O) groups is 1. The average molecular weight is 171 g/mol. The van der Waals surface area contributed by atoms with E-state index in [0.717, 1.165) is 6.42 Å². The Hall–Kier alpha value is -0.570. The van der Waals surface area contributed by atoms with Gasteiger partial charge in [0, 0.05) is 0 Å². The highest BCUT2D eigenvalue weighted by atomic mass is 16.4. The molecule has 0 amide bonds. The molecule has 1 aliphatic rings. The highest BCUT2D eigenvalue weighted by molar-refractivity contribution is 5.78. The molecule has 0 aromatic rings. The van der Waals surface area contributed by atoms with Gasteiger partial charge in [0.1, 0.15) is 5.54 Å². The topological polar surface area (TPSA) is 63.3 Å². The predicted octanol–water partition coefficient (Wildman–Crippen LogP) is 1.22. The van der Waals surface area contributed by atoms with Crippen molar-refractivity contribution in [2.75, 3.05) is 0 Å². The molecule has 70 valence electrons. The molecular formula is C9H17NO2. The summed E-state index contributed by atoms with van der Waals surface area (Å²) >= 11 is 0. The van der Waals surface area contributed by atoms with Crippen molar-refractivity contribution in [1.82, 2.24) is 0 Å². The van der Waals surface area contributed by atoms with Crippen LogP contribution in [0, 0.1) is 11.8 Å². The lowest BCUT2D eigenvalue weighted by Gasteiger charge is -2.36. The molecule has 1 saturated carbocycles. The van der Waals surface area contributed by atoms with Gasteiger partial charge < -0.3 is 10.8 Å². The van der Waals surface area contributed by atoms with Crippen molar-refractivity contribution in [3.05, 3.63) is 0 Å². The molecule has 3 heteroatoms. The Labute approximate surface area is 72.9 Å². The SMILES string of the molecule is CC1CC(C)CC(N)(C(=O)O)C1. The summed E-state index contributed by atoms with van der Waals surface area (Å²) in [4.78, 5) is 10.8. The molecule has 1 rings (SSSR count). The van der Waals surface area contributed by atoms with Gasteiger partial charge in [0.25, 0.3) is 0 Å². The van der Waals surface area contributed by atoms with Crippen molar-refractivity contribution in [3.8, 4) is 0 Å². The van der Waals surface area contributed by atoms with Crippen LogP contribution in [-0.2, 0) is 4.79 Å². The van der Waals surface area contributed by atoms with Gasteiger partial charge in [0.15, 0.2) is 0 Å². The molecular weight excluding hydrogens is 154 g/mol. The fraction of sp³-hybridized carbons (Fsp3) is 0.889. The second-order valence-electron chi connectivity index (χ2n) is 4.32. The van der Waals surface area contributed by atoms with Gasteiger partial charge in [0.2, 0.25) is 0 Å². The van der Waals surface area contributed by atoms with Crippen LogP contribution >= 0.6 is 0 Å². The van der Waals surface area contributed by atoms with Crippen LogP contribution in [0.1, 0.15) is 33.1 Å². The zero-order chi connectivity index (χ0) is 9.35. The molecule has 0 aromatic heterocycles. The minimum atomic E-state index is -0.961. The summed E-state index contributed by atoms with van der Waals surface area (Å²) in [6.45, 7) is 4.14. The summed E-state index contributed by atoms with van der Waals surface area (Å²) in [5.74, 6) is 0.0330. The third-order valence-corrected chi connectivity index (χ3v) is 2.66. The van der Waals surface area contributed by atoms with Gasteiger partial charge >= 0.3 is 5.97 Å². The summed E-state index contributed by atoms with van der Waals surface area (Å²) in [6.07, 6.45) is 2.34. The van der Waals surface area contributed by atoms with Crippen LogP contribution in [-0.4, -0.2) is 16.6 Å². The van der Waals surface area contributed by atoms with E-state index >= 15 is 0 Å². The number of rotatable bonds is 1. The lowest BCUT2D eigenvalue weighted by Crippen LogP contribution is -2.52. The van der Waals surface area contributed by atoms with Crippen molar-refractivity contribution in [2.24, 2.45) is 17.6 Å². The molecule has 12 heavy (non-hydrogen) atoms. The van der Waals surface area contributed by atoms with E-state index in [0.29, 0.717) is 24.7 Å². The summed E-state index contributed by atoms with van der Waals surface area (Å²) < 4.78 is 0. The Morgan fingerprint density at radius 3 is 2.17 bits per heavy atom. The van der Waals surface area contributed by atoms with Crippen LogP contribution in [0.3, 0.4) is 0 Å². The molecule has 1 fully saturated rings. The highest BCUT2D eigenvalue weighted by Gasteiger charge is 2.40. The third kappa shape index (κ3) is 1.78. The first-order valence-corrected chi connectivity index (χ1v) is 4.46. The normalized spacial score (nSPS) is 42.6. The minimum Gasteiger partial charge on any atom is -0.480 e. The van der Waals surface area contributed by atoms with Crippen molar-refractivity contribution < 1.29 is 9.90 Å². The molecule has 3 nitrogen and oxygen atoms in total. The van der Waals surface area contributed by atoms with Gasteiger partial charge in [-0.05, 0) is 31.1 Å². The van der Waals surface area contributed by atoms with Gasteiger partial charge in [-0.25, -0.2) is 0 Å². The number of carboxylic acid groups (broad SMARTS) is 1. The Morgan fingerprint density at radius 2 is 1.83 bits per heavy atom. The van der Waals surface area contributed by atoms with Crippen LogP contribution in [0.5, 0.6) is 0 Å². The van der Waals surface area contributed by atoms with Gasteiger partial charge in [-0.2, -0.15) is 0 Å². The summed E-state index contributed by atoms with van der Waals surface area (Å²) in [5.41, 5.74) is 4.82. The standard InChI is InChI=1S/C9H17NO2/c1-6-3-7(2)5-9(10,4-6)8(11)12/h6-7H,3-5,10H2,1-2H3,(H,11,12). The van der Waals surface area contributed by atoms with Gasteiger partial charge in [0.05, 0.1) is 0 Å². The Morgan fingerprint density at radius 1 is 1.42 bits per heavy atom. The molecule has 0 saturated heterocycles. The smallest absolute Gasteiger partial charge is 0.323 e. The van der Waals surface area contributed by atoms with E-state index < -0.39 is 11.5 Å². The van der Waals surface area contributed by atoms with Gasteiger partial charge in [-0.1, -0.05) is 13.8 Å². The monoisotopic (exact) mass is 171 g/mol. The van der Waals surface area contributed by atoms with Crippen LogP contribution < -0.4 is 5.73 Å². The van der Waals surface area contributed by atoms with Crippen LogP contribution in [0.25, 0.3) is 0 Å². The zero-order valence-electron chi connectivity index (χ0n) is 7.71. The lowest BCUT2D eigenvalue weighted by molar-refractivity contribution is -0.145. The Bertz CT molecular complexity index is 181. The molecule has 1 aliphatic carbocycles. The fourth-order valence-electron chi connectivity index (χ4n) is 2.36. The number of carboxylic acids is 1. The second-order valence-corrected chi connectivity index (χ2v) is 4.32. The minimum absolute atomic E-state index is 0.440. The first-order chi connectivity index (χ1) is 5.44. The van der Waals surface area contributed by atoms with E-state index in [2.05, 4.69) is 13.8 Å². The lowest BCUT2D eigenvalue weighted by atomic mass is 9.72. The van der Waals surface area contributed by atoms with Crippen molar-refractivity contribution in [2.45, 2.75) is 38.6 Å². The number of nitrogens with two attached hydrogens (primary N) is 1. The molecule has 0 heterocycles. The molecule has 0 radical (unpaired) electrons. The van der Waals surface area contributed by atoms with E-state index in [-0.39, 0.29) is 0 Å². The number of hydrogen-bond acceptors (Lipinski definition) is 2. The molecule has 2 atom stereocenters. The maximum Gasteiger partial charge on any atom is 0.323 e. The molecule has 3 N–H and O–H groups in total. The quantitative estimate of drug-likeness (QED) is 0.623. The third-order valence-electron chi connectivity index (χ3n) is 2.66. The van der Waals surface area contributed by atoms with Gasteiger partial charge in [-0.3, -0.25) is 4.79 Å². The first kappa shape index (κ1) is 9.52. The maximum absolute atomic E-state index is 10.8. The van der Waals surface area contributed by atoms with E-state index in [1.54, 1.807) is 0 Å². The maximum atomic E-state index is 10.8. The second kappa shape index (κ2) is 3.05. The molecule has 2 unspecified atom stereocenters. The van der Waals surface area contributed by atoms with Crippen LogP contribution in [0.15, 0.2) is 0 Å². The Kier molecular flexibility index (Phi) is 2.42. The molecule has 0 bridgehead atoms. The van der Waals surface area contributed by atoms with Gasteiger partial charge in [-0.15, -0.1) is 0 Å². The predicted molar refractivity (Wildman–Crippen MR) is 46.7 cm³/mol. The zero-order valence-corrected chi connectivity index (χ0v) is 7.71. The van der Waals surface area contributed by atoms with Crippen molar-refractivity contribution in [3.63, 3.8) is 0 Å². The van der Waals surface area contributed by atoms with E-state index in [9.17, 15) is 4.79 Å². The Balaban J connectivity index is 2.71.